The fraction of sp³-hybridized carbons (Fsp3) is 0.235. The Morgan fingerprint density at radius 1 is 1.35 bits per heavy atom. The first-order valence-electron chi connectivity index (χ1n) is 7.52. The molecule has 0 spiro atoms. The molecule has 0 amide bonds. The molecule has 9 heteroatoms. The van der Waals surface area contributed by atoms with Crippen LogP contribution in [-0.4, -0.2) is 41.8 Å². The summed E-state index contributed by atoms with van der Waals surface area (Å²) in [6.45, 7) is 1.56. The minimum absolute atomic E-state index is 0.00637. The average molecular weight is 416 g/mol. The number of carbonyl (C=O) groups excluding carboxylic acids is 1. The van der Waals surface area contributed by atoms with Crippen LogP contribution in [0.1, 0.15) is 12.5 Å². The number of hydrogen-bond acceptors (Lipinski definition) is 5. The van der Waals surface area contributed by atoms with Gasteiger partial charge in [-0.05, 0) is 25.1 Å². The largest absolute Gasteiger partial charge is 0.505 e. The van der Waals surface area contributed by atoms with Crippen LogP contribution < -0.4 is 0 Å². The Morgan fingerprint density at radius 2 is 2.00 bits per heavy atom. The van der Waals surface area contributed by atoms with Crippen LogP contribution in [0.25, 0.3) is 5.76 Å². The standard InChI is InChI=1S/C17H15Cl2NO5S/c1-17(19)9-5-7-11(18)15(17)20-13(16(22)25-2)14(21)10-6-3-4-8-12(10)26(20,23)24/h3-9,15,21H,1-2H3. The number of sulfonamides is 1. The van der Waals surface area contributed by atoms with Crippen LogP contribution in [0.3, 0.4) is 0 Å². The van der Waals surface area contributed by atoms with Gasteiger partial charge in [0.25, 0.3) is 10.0 Å². The van der Waals surface area contributed by atoms with E-state index in [-0.39, 0.29) is 15.5 Å². The molecule has 0 saturated carbocycles. The summed E-state index contributed by atoms with van der Waals surface area (Å²) < 4.78 is 32.1. The Bertz CT molecular complexity index is 979. The van der Waals surface area contributed by atoms with E-state index >= 15 is 0 Å². The molecule has 1 heterocycles. The number of allylic oxidation sites excluding steroid dienone is 2. The van der Waals surface area contributed by atoms with Gasteiger partial charge in [-0.25, -0.2) is 17.5 Å². The van der Waals surface area contributed by atoms with Gasteiger partial charge in [-0.3, -0.25) is 0 Å². The van der Waals surface area contributed by atoms with E-state index in [9.17, 15) is 18.3 Å². The number of aliphatic hydroxyl groups is 1. The molecule has 0 bridgehead atoms. The van der Waals surface area contributed by atoms with Crippen molar-refractivity contribution in [1.29, 1.82) is 0 Å². The van der Waals surface area contributed by atoms with E-state index in [0.717, 1.165) is 11.4 Å². The molecule has 6 nitrogen and oxygen atoms in total. The summed E-state index contributed by atoms with van der Waals surface area (Å²) in [6.07, 6.45) is 4.64. The molecule has 138 valence electrons. The van der Waals surface area contributed by atoms with E-state index in [4.69, 9.17) is 27.9 Å². The van der Waals surface area contributed by atoms with E-state index in [1.165, 1.54) is 24.3 Å². The van der Waals surface area contributed by atoms with Gasteiger partial charge in [0, 0.05) is 10.6 Å². The van der Waals surface area contributed by atoms with Crippen LogP contribution in [0.15, 0.2) is 58.1 Å². The molecule has 1 aliphatic carbocycles. The highest BCUT2D eigenvalue weighted by atomic mass is 35.5. The zero-order valence-electron chi connectivity index (χ0n) is 13.8. The quantitative estimate of drug-likeness (QED) is 0.592. The maximum absolute atomic E-state index is 13.3. The Morgan fingerprint density at radius 3 is 2.62 bits per heavy atom. The Hall–Kier alpha value is -1.96. The maximum atomic E-state index is 13.3. The molecule has 1 aromatic rings. The first-order chi connectivity index (χ1) is 12.1. The average Bonchev–Trinajstić information content (AvgIpc) is 2.58. The molecule has 2 atom stereocenters. The number of methoxy groups -OCH3 is 1. The van der Waals surface area contributed by atoms with Crippen molar-refractivity contribution in [3.05, 3.63) is 58.8 Å². The second-order valence-corrected chi connectivity index (χ2v) is 8.98. The lowest BCUT2D eigenvalue weighted by Crippen LogP contribution is -2.53. The third-order valence-corrected chi connectivity index (χ3v) is 6.70. The predicted molar refractivity (Wildman–Crippen MR) is 98.2 cm³/mol. The molecule has 2 aliphatic rings. The lowest BCUT2D eigenvalue weighted by Gasteiger charge is -2.42. The summed E-state index contributed by atoms with van der Waals surface area (Å²) in [5.41, 5.74) is -0.531. The van der Waals surface area contributed by atoms with Gasteiger partial charge in [-0.15, -0.1) is 11.6 Å². The number of esters is 1. The van der Waals surface area contributed by atoms with Gasteiger partial charge in [0.1, 0.15) is 6.04 Å². The smallest absolute Gasteiger partial charge is 0.359 e. The number of benzene rings is 1. The Kier molecular flexibility index (Phi) is 4.58. The second-order valence-electron chi connectivity index (χ2n) is 5.95. The van der Waals surface area contributed by atoms with Gasteiger partial charge in [-0.1, -0.05) is 35.9 Å². The van der Waals surface area contributed by atoms with Crippen molar-refractivity contribution in [1.82, 2.24) is 4.31 Å². The van der Waals surface area contributed by atoms with Crippen molar-refractivity contribution in [2.24, 2.45) is 0 Å². The lowest BCUT2D eigenvalue weighted by molar-refractivity contribution is -0.137. The van der Waals surface area contributed by atoms with E-state index in [1.807, 2.05) is 0 Å². The number of halogens is 2. The molecule has 1 aliphatic heterocycles. The summed E-state index contributed by atoms with van der Waals surface area (Å²) in [5.74, 6) is -1.54. The highest BCUT2D eigenvalue weighted by Gasteiger charge is 2.50. The minimum Gasteiger partial charge on any atom is -0.505 e. The van der Waals surface area contributed by atoms with Crippen LogP contribution in [0, 0.1) is 0 Å². The van der Waals surface area contributed by atoms with Gasteiger partial charge >= 0.3 is 5.97 Å². The number of rotatable bonds is 2. The Labute approximate surface area is 161 Å². The van der Waals surface area contributed by atoms with Crippen molar-refractivity contribution < 1.29 is 23.1 Å². The van der Waals surface area contributed by atoms with Crippen molar-refractivity contribution in [3.8, 4) is 0 Å². The molecular weight excluding hydrogens is 401 g/mol. The summed E-state index contributed by atoms with van der Waals surface area (Å²) in [7, 11) is -3.16. The van der Waals surface area contributed by atoms with Crippen LogP contribution in [-0.2, 0) is 19.6 Å². The fourth-order valence-corrected chi connectivity index (χ4v) is 5.79. The maximum Gasteiger partial charge on any atom is 0.359 e. The molecule has 0 radical (unpaired) electrons. The molecular formula is C17H15Cl2NO5S. The number of alkyl halides is 1. The third-order valence-electron chi connectivity index (χ3n) is 4.21. The summed E-state index contributed by atoms with van der Waals surface area (Å²) in [4.78, 5) is 11.0. The van der Waals surface area contributed by atoms with Gasteiger partial charge in [0.2, 0.25) is 0 Å². The normalized spacial score (nSPS) is 27.0. The zero-order chi connectivity index (χ0) is 19.3. The van der Waals surface area contributed by atoms with Crippen LogP contribution in [0.2, 0.25) is 0 Å². The van der Waals surface area contributed by atoms with Gasteiger partial charge in [0.15, 0.2) is 11.5 Å². The van der Waals surface area contributed by atoms with Crippen molar-refractivity contribution >= 4 is 45.0 Å². The molecule has 2 unspecified atom stereocenters. The Balaban J connectivity index is 2.36. The number of aliphatic hydroxyl groups excluding tert-OH is 1. The molecule has 1 aromatic carbocycles. The molecule has 0 aromatic heterocycles. The molecule has 1 N–H and O–H groups in total. The number of hydrogen-bond donors (Lipinski definition) is 1. The zero-order valence-corrected chi connectivity index (χ0v) is 16.1. The topological polar surface area (TPSA) is 83.9 Å². The van der Waals surface area contributed by atoms with E-state index in [2.05, 4.69) is 0 Å². The van der Waals surface area contributed by atoms with E-state index in [0.29, 0.717) is 0 Å². The summed E-state index contributed by atoms with van der Waals surface area (Å²) in [6, 6.07) is 4.66. The number of ether oxygens (including phenoxy) is 1. The van der Waals surface area contributed by atoms with Crippen molar-refractivity contribution in [3.63, 3.8) is 0 Å². The minimum atomic E-state index is -4.25. The highest BCUT2D eigenvalue weighted by Crippen LogP contribution is 2.44. The monoisotopic (exact) mass is 415 g/mol. The van der Waals surface area contributed by atoms with Gasteiger partial charge in [0.05, 0.1) is 16.9 Å². The summed E-state index contributed by atoms with van der Waals surface area (Å²) >= 11 is 12.8. The SMILES string of the molecule is COC(=O)C1=C(O)c2ccccc2S(=O)(=O)N1C1C(Cl)=CC=CC1(C)Cl. The number of carbonyl (C=O) groups is 1. The molecule has 0 fully saturated rings. The summed E-state index contributed by atoms with van der Waals surface area (Å²) in [5, 5.41) is 10.8. The number of fused-ring (bicyclic) bond motifs is 1. The molecule has 26 heavy (non-hydrogen) atoms. The van der Waals surface area contributed by atoms with Gasteiger partial charge < -0.3 is 9.84 Å². The fourth-order valence-electron chi connectivity index (χ4n) is 3.02. The van der Waals surface area contributed by atoms with E-state index in [1.54, 1.807) is 25.1 Å². The lowest BCUT2D eigenvalue weighted by atomic mass is 9.95. The van der Waals surface area contributed by atoms with Crippen LogP contribution >= 0.6 is 23.2 Å². The van der Waals surface area contributed by atoms with Crippen molar-refractivity contribution in [2.45, 2.75) is 22.7 Å². The molecule has 0 saturated heterocycles. The van der Waals surface area contributed by atoms with E-state index < -0.39 is 38.4 Å². The predicted octanol–water partition coefficient (Wildman–Crippen LogP) is 3.15. The van der Waals surface area contributed by atoms with Crippen molar-refractivity contribution in [2.75, 3.05) is 7.11 Å². The first kappa shape index (κ1) is 18.8. The van der Waals surface area contributed by atoms with Gasteiger partial charge in [-0.2, -0.15) is 0 Å². The second kappa shape index (κ2) is 6.33. The van der Waals surface area contributed by atoms with Crippen LogP contribution in [0.4, 0.5) is 0 Å². The number of nitrogens with zero attached hydrogens (tertiary/aromatic N) is 1. The third kappa shape index (κ3) is 2.71. The van der Waals surface area contributed by atoms with Crippen LogP contribution in [0.5, 0.6) is 0 Å². The first-order valence-corrected chi connectivity index (χ1v) is 9.71. The highest BCUT2D eigenvalue weighted by molar-refractivity contribution is 7.89. The molecule has 3 rings (SSSR count).